The van der Waals surface area contributed by atoms with Crippen LogP contribution in [0.4, 0.5) is 0 Å². The third-order valence-corrected chi connectivity index (χ3v) is 4.75. The smallest absolute Gasteiger partial charge is 0.236 e. The quantitative estimate of drug-likeness (QED) is 0.786. The van der Waals surface area contributed by atoms with Crippen molar-refractivity contribution in [3.63, 3.8) is 0 Å². The van der Waals surface area contributed by atoms with Gasteiger partial charge in [0.2, 0.25) is 5.91 Å². The van der Waals surface area contributed by atoms with Crippen molar-refractivity contribution in [1.29, 1.82) is 0 Å². The van der Waals surface area contributed by atoms with Crippen LogP contribution in [0.3, 0.4) is 0 Å². The predicted molar refractivity (Wildman–Crippen MR) is 72.4 cm³/mol. The van der Waals surface area contributed by atoms with Gasteiger partial charge in [-0.3, -0.25) is 9.69 Å². The SMILES string of the molecule is CN(CC(=O)N1CCCNCC1)C1CCSC1. The van der Waals surface area contributed by atoms with E-state index in [-0.39, 0.29) is 0 Å². The van der Waals surface area contributed by atoms with Gasteiger partial charge in [0.25, 0.3) is 0 Å². The Kier molecular flexibility index (Phi) is 5.13. The number of rotatable bonds is 3. The number of likely N-dealkylation sites (N-methyl/N-ethyl adjacent to an activating group) is 1. The van der Waals surface area contributed by atoms with Gasteiger partial charge >= 0.3 is 0 Å². The fraction of sp³-hybridized carbons (Fsp3) is 0.917. The molecule has 0 radical (unpaired) electrons. The van der Waals surface area contributed by atoms with Gasteiger partial charge in [0.05, 0.1) is 6.54 Å². The molecule has 0 spiro atoms. The highest BCUT2D eigenvalue weighted by atomic mass is 32.2. The summed E-state index contributed by atoms with van der Waals surface area (Å²) in [6, 6.07) is 0.606. The van der Waals surface area contributed by atoms with Gasteiger partial charge in [-0.1, -0.05) is 0 Å². The van der Waals surface area contributed by atoms with Gasteiger partial charge in [0.15, 0.2) is 0 Å². The molecule has 2 heterocycles. The van der Waals surface area contributed by atoms with Gasteiger partial charge in [-0.25, -0.2) is 0 Å². The zero-order valence-electron chi connectivity index (χ0n) is 10.7. The summed E-state index contributed by atoms with van der Waals surface area (Å²) in [6.45, 7) is 4.35. The van der Waals surface area contributed by atoms with E-state index in [4.69, 9.17) is 0 Å². The molecule has 4 nitrogen and oxygen atoms in total. The van der Waals surface area contributed by atoms with E-state index >= 15 is 0 Å². The molecule has 2 saturated heterocycles. The van der Waals surface area contributed by atoms with Crippen molar-refractivity contribution in [3.8, 4) is 0 Å². The molecular formula is C12H23N3OS. The van der Waals surface area contributed by atoms with E-state index in [9.17, 15) is 4.79 Å². The average molecular weight is 257 g/mol. The van der Waals surface area contributed by atoms with Gasteiger partial charge in [-0.15, -0.1) is 0 Å². The minimum Gasteiger partial charge on any atom is -0.340 e. The van der Waals surface area contributed by atoms with Crippen molar-refractivity contribution in [2.75, 3.05) is 51.3 Å². The van der Waals surface area contributed by atoms with E-state index in [1.54, 1.807) is 0 Å². The molecule has 1 N–H and O–H groups in total. The molecule has 0 aromatic heterocycles. The Hall–Kier alpha value is -0.260. The molecule has 1 atom stereocenters. The van der Waals surface area contributed by atoms with Crippen molar-refractivity contribution in [1.82, 2.24) is 15.1 Å². The van der Waals surface area contributed by atoms with Crippen LogP contribution in [0.1, 0.15) is 12.8 Å². The van der Waals surface area contributed by atoms with Crippen LogP contribution in [-0.4, -0.2) is 73.0 Å². The molecule has 1 unspecified atom stereocenters. The molecule has 0 aliphatic carbocycles. The normalized spacial score (nSPS) is 26.2. The second kappa shape index (κ2) is 6.61. The fourth-order valence-electron chi connectivity index (χ4n) is 2.41. The molecule has 2 aliphatic heterocycles. The Bertz CT molecular complexity index is 248. The first-order valence-electron chi connectivity index (χ1n) is 6.54. The van der Waals surface area contributed by atoms with Gasteiger partial charge < -0.3 is 10.2 Å². The zero-order valence-corrected chi connectivity index (χ0v) is 11.5. The molecule has 0 bridgehead atoms. The van der Waals surface area contributed by atoms with Crippen molar-refractivity contribution < 1.29 is 4.79 Å². The number of hydrogen-bond acceptors (Lipinski definition) is 4. The lowest BCUT2D eigenvalue weighted by Gasteiger charge is -2.27. The zero-order chi connectivity index (χ0) is 12.1. The van der Waals surface area contributed by atoms with Gasteiger partial charge in [0.1, 0.15) is 0 Å². The minimum absolute atomic E-state index is 0.299. The molecule has 0 aromatic carbocycles. The van der Waals surface area contributed by atoms with Crippen LogP contribution < -0.4 is 5.32 Å². The first-order chi connectivity index (χ1) is 8.27. The minimum atomic E-state index is 0.299. The summed E-state index contributed by atoms with van der Waals surface area (Å²) < 4.78 is 0. The summed E-state index contributed by atoms with van der Waals surface area (Å²) in [7, 11) is 2.09. The highest BCUT2D eigenvalue weighted by Crippen LogP contribution is 2.21. The first kappa shape index (κ1) is 13.2. The molecule has 2 fully saturated rings. The summed E-state index contributed by atoms with van der Waals surface area (Å²) in [5.74, 6) is 2.73. The molecule has 17 heavy (non-hydrogen) atoms. The van der Waals surface area contributed by atoms with Crippen LogP contribution in [0.2, 0.25) is 0 Å². The highest BCUT2D eigenvalue weighted by Gasteiger charge is 2.23. The van der Waals surface area contributed by atoms with Crippen LogP contribution in [0.5, 0.6) is 0 Å². The lowest BCUT2D eigenvalue weighted by Crippen LogP contribution is -2.44. The van der Waals surface area contributed by atoms with E-state index in [1.807, 2.05) is 16.7 Å². The maximum Gasteiger partial charge on any atom is 0.236 e. The van der Waals surface area contributed by atoms with Crippen LogP contribution >= 0.6 is 11.8 Å². The summed E-state index contributed by atoms with van der Waals surface area (Å²) in [6.07, 6.45) is 2.31. The monoisotopic (exact) mass is 257 g/mol. The largest absolute Gasteiger partial charge is 0.340 e. The maximum absolute atomic E-state index is 12.2. The Labute approximate surface area is 108 Å². The van der Waals surface area contributed by atoms with Crippen LogP contribution in [0.25, 0.3) is 0 Å². The van der Waals surface area contributed by atoms with Crippen LogP contribution in [0.15, 0.2) is 0 Å². The Morgan fingerprint density at radius 2 is 2.35 bits per heavy atom. The second-order valence-corrected chi connectivity index (χ2v) is 6.07. The topological polar surface area (TPSA) is 35.6 Å². The summed E-state index contributed by atoms with van der Waals surface area (Å²) in [5, 5.41) is 3.33. The molecule has 5 heteroatoms. The van der Waals surface area contributed by atoms with Gasteiger partial charge in [-0.05, 0) is 32.2 Å². The standard InChI is InChI=1S/C12H23N3OS/c1-14(11-3-8-17-10-11)9-12(16)15-6-2-4-13-5-7-15/h11,13H,2-10H2,1H3. The number of carbonyl (C=O) groups excluding carboxylic acids is 1. The van der Waals surface area contributed by atoms with Crippen molar-refractivity contribution in [2.45, 2.75) is 18.9 Å². The van der Waals surface area contributed by atoms with E-state index in [1.165, 1.54) is 17.9 Å². The van der Waals surface area contributed by atoms with Crippen molar-refractivity contribution in [3.05, 3.63) is 0 Å². The maximum atomic E-state index is 12.2. The fourth-order valence-corrected chi connectivity index (χ4v) is 3.71. The molecule has 0 saturated carbocycles. The Morgan fingerprint density at radius 1 is 1.47 bits per heavy atom. The van der Waals surface area contributed by atoms with Crippen LogP contribution in [-0.2, 0) is 4.79 Å². The summed E-state index contributed by atoms with van der Waals surface area (Å²) in [4.78, 5) is 16.4. The first-order valence-corrected chi connectivity index (χ1v) is 7.69. The average Bonchev–Trinajstić information content (AvgIpc) is 2.71. The van der Waals surface area contributed by atoms with E-state index in [2.05, 4.69) is 17.3 Å². The number of nitrogens with one attached hydrogen (secondary N) is 1. The number of hydrogen-bond donors (Lipinski definition) is 1. The van der Waals surface area contributed by atoms with Crippen molar-refractivity contribution in [2.24, 2.45) is 0 Å². The van der Waals surface area contributed by atoms with Crippen molar-refractivity contribution >= 4 is 17.7 Å². The molecule has 98 valence electrons. The van der Waals surface area contributed by atoms with Crippen LogP contribution in [0, 0.1) is 0 Å². The second-order valence-electron chi connectivity index (χ2n) is 4.92. The summed E-state index contributed by atoms with van der Waals surface area (Å²) in [5.41, 5.74) is 0. The number of amides is 1. The van der Waals surface area contributed by atoms with E-state index in [0.29, 0.717) is 18.5 Å². The molecule has 2 rings (SSSR count). The Morgan fingerprint density at radius 3 is 3.12 bits per heavy atom. The lowest BCUT2D eigenvalue weighted by atomic mass is 10.2. The van der Waals surface area contributed by atoms with Gasteiger partial charge in [0, 0.05) is 31.4 Å². The molecular weight excluding hydrogens is 234 g/mol. The highest BCUT2D eigenvalue weighted by molar-refractivity contribution is 7.99. The Balaban J connectivity index is 1.78. The lowest BCUT2D eigenvalue weighted by molar-refractivity contribution is -0.132. The van der Waals surface area contributed by atoms with E-state index < -0.39 is 0 Å². The number of nitrogens with zero attached hydrogens (tertiary/aromatic N) is 2. The molecule has 2 aliphatic rings. The third kappa shape index (κ3) is 3.86. The van der Waals surface area contributed by atoms with Gasteiger partial charge in [-0.2, -0.15) is 11.8 Å². The molecule has 0 aromatic rings. The summed E-state index contributed by atoms with van der Waals surface area (Å²) >= 11 is 2.00. The number of thioether (sulfide) groups is 1. The third-order valence-electron chi connectivity index (χ3n) is 3.61. The van der Waals surface area contributed by atoms with E-state index in [0.717, 1.165) is 32.6 Å². The number of carbonyl (C=O) groups is 1. The molecule has 1 amide bonds. The predicted octanol–water partition coefficient (Wildman–Crippen LogP) is 0.246.